The van der Waals surface area contributed by atoms with E-state index in [0.717, 1.165) is 35.1 Å². The standard InChI is InChI=1S/C21H23FN4O2/c1-14-2-7-18-17(12-14)20(25-24-18)21(27)23-13-19(26-8-10-28-11-9-26)15-3-5-16(22)6-4-15/h2-7,12,19H,8-11,13H2,1H3,(H,23,27)(H,24,25). The van der Waals surface area contributed by atoms with Crippen LogP contribution in [0.4, 0.5) is 4.39 Å². The van der Waals surface area contributed by atoms with Crippen molar-refractivity contribution in [2.45, 2.75) is 13.0 Å². The number of amides is 1. The number of nitrogens with one attached hydrogen (secondary N) is 2. The molecule has 0 bridgehead atoms. The van der Waals surface area contributed by atoms with Gasteiger partial charge in [-0.05, 0) is 36.8 Å². The second-order valence-electron chi connectivity index (χ2n) is 7.05. The van der Waals surface area contributed by atoms with E-state index in [-0.39, 0.29) is 17.8 Å². The number of carbonyl (C=O) groups excluding carboxylic acids is 1. The average molecular weight is 382 g/mol. The molecule has 1 unspecified atom stereocenters. The van der Waals surface area contributed by atoms with Gasteiger partial charge in [0.2, 0.25) is 0 Å². The summed E-state index contributed by atoms with van der Waals surface area (Å²) in [7, 11) is 0. The maximum absolute atomic E-state index is 13.4. The Morgan fingerprint density at radius 3 is 2.75 bits per heavy atom. The topological polar surface area (TPSA) is 70.2 Å². The lowest BCUT2D eigenvalue weighted by atomic mass is 10.0. The molecule has 6 nitrogen and oxygen atoms in total. The summed E-state index contributed by atoms with van der Waals surface area (Å²) in [4.78, 5) is 15.1. The van der Waals surface area contributed by atoms with Crippen molar-refractivity contribution in [3.05, 3.63) is 65.1 Å². The van der Waals surface area contributed by atoms with Crippen molar-refractivity contribution in [3.63, 3.8) is 0 Å². The third-order valence-electron chi connectivity index (χ3n) is 5.13. The van der Waals surface area contributed by atoms with E-state index in [1.54, 1.807) is 12.1 Å². The van der Waals surface area contributed by atoms with Crippen LogP contribution in [-0.4, -0.2) is 53.9 Å². The fraction of sp³-hybridized carbons (Fsp3) is 0.333. The molecule has 2 aromatic carbocycles. The molecule has 4 rings (SSSR count). The number of aryl methyl sites for hydroxylation is 1. The molecule has 1 aliphatic rings. The summed E-state index contributed by atoms with van der Waals surface area (Å²) in [5, 5.41) is 10.9. The van der Waals surface area contributed by atoms with Crippen LogP contribution >= 0.6 is 0 Å². The molecule has 3 aromatic rings. The van der Waals surface area contributed by atoms with Crippen LogP contribution < -0.4 is 5.32 Å². The molecule has 2 heterocycles. The number of carbonyl (C=O) groups is 1. The van der Waals surface area contributed by atoms with Crippen LogP contribution in [0.25, 0.3) is 10.9 Å². The zero-order valence-electron chi connectivity index (χ0n) is 15.7. The molecule has 1 amide bonds. The zero-order valence-corrected chi connectivity index (χ0v) is 15.7. The van der Waals surface area contributed by atoms with Crippen LogP contribution in [0.1, 0.15) is 27.7 Å². The minimum Gasteiger partial charge on any atom is -0.379 e. The van der Waals surface area contributed by atoms with E-state index in [4.69, 9.17) is 4.74 Å². The molecule has 1 saturated heterocycles. The van der Waals surface area contributed by atoms with Crippen molar-refractivity contribution in [2.24, 2.45) is 0 Å². The fourth-order valence-electron chi connectivity index (χ4n) is 3.61. The van der Waals surface area contributed by atoms with Crippen LogP contribution in [-0.2, 0) is 4.74 Å². The molecule has 1 fully saturated rings. The van der Waals surface area contributed by atoms with E-state index in [9.17, 15) is 9.18 Å². The molecule has 0 saturated carbocycles. The van der Waals surface area contributed by atoms with E-state index in [1.165, 1.54) is 12.1 Å². The van der Waals surface area contributed by atoms with Crippen molar-refractivity contribution >= 4 is 16.8 Å². The summed E-state index contributed by atoms with van der Waals surface area (Å²) in [6.07, 6.45) is 0. The molecule has 0 spiro atoms. The smallest absolute Gasteiger partial charge is 0.272 e. The lowest BCUT2D eigenvalue weighted by Gasteiger charge is -2.34. The molecular formula is C21H23FN4O2. The molecule has 2 N–H and O–H groups in total. The Morgan fingerprint density at radius 1 is 1.25 bits per heavy atom. The average Bonchev–Trinajstić information content (AvgIpc) is 3.13. The normalized spacial score (nSPS) is 16.2. The number of H-pyrrole nitrogens is 1. The van der Waals surface area contributed by atoms with E-state index in [1.807, 2.05) is 25.1 Å². The van der Waals surface area contributed by atoms with Gasteiger partial charge in [0.15, 0.2) is 5.69 Å². The Hall–Kier alpha value is -2.77. The van der Waals surface area contributed by atoms with E-state index >= 15 is 0 Å². The van der Waals surface area contributed by atoms with Crippen molar-refractivity contribution in [1.29, 1.82) is 0 Å². The first-order chi connectivity index (χ1) is 13.6. The van der Waals surface area contributed by atoms with Crippen LogP contribution in [0, 0.1) is 12.7 Å². The van der Waals surface area contributed by atoms with Gasteiger partial charge in [0.05, 0.1) is 24.8 Å². The number of rotatable bonds is 5. The number of nitrogens with zero attached hydrogens (tertiary/aromatic N) is 2. The Kier molecular flexibility index (Phi) is 5.36. The Morgan fingerprint density at radius 2 is 2.00 bits per heavy atom. The highest BCUT2D eigenvalue weighted by molar-refractivity contribution is 6.04. The zero-order chi connectivity index (χ0) is 19.5. The first-order valence-electron chi connectivity index (χ1n) is 9.42. The van der Waals surface area contributed by atoms with E-state index in [0.29, 0.717) is 25.5 Å². The summed E-state index contributed by atoms with van der Waals surface area (Å²) in [5.74, 6) is -0.496. The third-order valence-corrected chi connectivity index (χ3v) is 5.13. The lowest BCUT2D eigenvalue weighted by molar-refractivity contribution is 0.0162. The second kappa shape index (κ2) is 8.08. The summed E-state index contributed by atoms with van der Waals surface area (Å²) in [6, 6.07) is 12.2. The lowest BCUT2D eigenvalue weighted by Crippen LogP contribution is -2.43. The van der Waals surface area contributed by atoms with Gasteiger partial charge in [0.25, 0.3) is 5.91 Å². The molecular weight excluding hydrogens is 359 g/mol. The molecule has 0 aliphatic carbocycles. The van der Waals surface area contributed by atoms with Crippen molar-refractivity contribution in [2.75, 3.05) is 32.8 Å². The highest BCUT2D eigenvalue weighted by Gasteiger charge is 2.24. The van der Waals surface area contributed by atoms with Crippen LogP contribution in [0.2, 0.25) is 0 Å². The Bertz CT molecular complexity index is 964. The Labute approximate surface area is 162 Å². The van der Waals surface area contributed by atoms with Gasteiger partial charge >= 0.3 is 0 Å². The fourth-order valence-corrected chi connectivity index (χ4v) is 3.61. The number of halogens is 1. The van der Waals surface area contributed by atoms with Crippen LogP contribution in [0.5, 0.6) is 0 Å². The number of benzene rings is 2. The maximum Gasteiger partial charge on any atom is 0.272 e. The SMILES string of the molecule is Cc1ccc2[nH]nc(C(=O)NCC(c3ccc(F)cc3)N3CCOCC3)c2c1. The van der Waals surface area contributed by atoms with Crippen molar-refractivity contribution in [3.8, 4) is 0 Å². The number of ether oxygens (including phenoxy) is 1. The van der Waals surface area contributed by atoms with Gasteiger partial charge < -0.3 is 10.1 Å². The number of hydrogen-bond donors (Lipinski definition) is 2. The number of aromatic amines is 1. The van der Waals surface area contributed by atoms with Crippen molar-refractivity contribution in [1.82, 2.24) is 20.4 Å². The summed E-state index contributed by atoms with van der Waals surface area (Å²) >= 11 is 0. The largest absolute Gasteiger partial charge is 0.379 e. The molecule has 0 radical (unpaired) electrons. The van der Waals surface area contributed by atoms with Gasteiger partial charge in [-0.15, -0.1) is 0 Å². The quantitative estimate of drug-likeness (QED) is 0.712. The highest BCUT2D eigenvalue weighted by atomic mass is 19.1. The number of aromatic nitrogens is 2. The number of fused-ring (bicyclic) bond motifs is 1. The van der Waals surface area contributed by atoms with Crippen molar-refractivity contribution < 1.29 is 13.9 Å². The summed E-state index contributed by atoms with van der Waals surface area (Å²) in [5.41, 5.74) is 3.25. The summed E-state index contributed by atoms with van der Waals surface area (Å²) < 4.78 is 18.8. The maximum atomic E-state index is 13.4. The monoisotopic (exact) mass is 382 g/mol. The van der Waals surface area contributed by atoms with Gasteiger partial charge in [-0.3, -0.25) is 14.8 Å². The van der Waals surface area contributed by atoms with Gasteiger partial charge in [-0.25, -0.2) is 4.39 Å². The second-order valence-corrected chi connectivity index (χ2v) is 7.05. The summed E-state index contributed by atoms with van der Waals surface area (Å²) in [6.45, 7) is 5.22. The number of hydrogen-bond acceptors (Lipinski definition) is 4. The van der Waals surface area contributed by atoms with E-state index < -0.39 is 0 Å². The molecule has 1 aromatic heterocycles. The number of morpholine rings is 1. The molecule has 1 aliphatic heterocycles. The molecule has 7 heteroatoms. The van der Waals surface area contributed by atoms with E-state index in [2.05, 4.69) is 20.4 Å². The van der Waals surface area contributed by atoms with Gasteiger partial charge in [-0.1, -0.05) is 23.8 Å². The highest BCUT2D eigenvalue weighted by Crippen LogP contribution is 2.22. The first kappa shape index (κ1) is 18.6. The van der Waals surface area contributed by atoms with Gasteiger partial charge in [0.1, 0.15) is 5.82 Å². The third kappa shape index (κ3) is 3.90. The minimum absolute atomic E-state index is 0.0552. The van der Waals surface area contributed by atoms with Gasteiger partial charge in [-0.2, -0.15) is 5.10 Å². The Balaban J connectivity index is 1.53. The van der Waals surface area contributed by atoms with Gasteiger partial charge in [0, 0.05) is 25.0 Å². The van der Waals surface area contributed by atoms with Crippen LogP contribution in [0.15, 0.2) is 42.5 Å². The minimum atomic E-state index is -0.271. The molecule has 146 valence electrons. The molecule has 28 heavy (non-hydrogen) atoms. The molecule has 1 atom stereocenters. The predicted octanol–water partition coefficient (Wildman–Crippen LogP) is 2.81. The first-order valence-corrected chi connectivity index (χ1v) is 9.42. The van der Waals surface area contributed by atoms with Crippen LogP contribution in [0.3, 0.4) is 0 Å². The predicted molar refractivity (Wildman–Crippen MR) is 105 cm³/mol.